The quantitative estimate of drug-likeness (QED) is 0.757. The van der Waals surface area contributed by atoms with Crippen LogP contribution in [0.4, 0.5) is 5.95 Å². The number of H-pyrrole nitrogens is 1. The number of thiazole rings is 1. The second-order valence-corrected chi connectivity index (χ2v) is 4.27. The van der Waals surface area contributed by atoms with Crippen LogP contribution in [0.5, 0.6) is 0 Å². The number of carbonyl (C=O) groups excluding carboxylic acids is 1. The van der Waals surface area contributed by atoms with Crippen LogP contribution in [-0.2, 0) is 0 Å². The molecule has 3 heterocycles. The lowest BCUT2D eigenvalue weighted by atomic mass is 10.4. The second kappa shape index (κ2) is 4.46. The second-order valence-electron chi connectivity index (χ2n) is 3.41. The molecule has 0 aliphatic carbocycles. The molecule has 0 fully saturated rings. The monoisotopic (exact) mass is 260 g/mol. The molecular formula is C11H8N4O2S. The summed E-state index contributed by atoms with van der Waals surface area (Å²) in [6, 6.07) is 3.58. The number of aromatic amines is 1. The Balaban J connectivity index is 1.79. The Bertz CT molecular complexity index is 642. The first-order chi connectivity index (χ1) is 8.83. The van der Waals surface area contributed by atoms with Crippen molar-refractivity contribution >= 4 is 23.2 Å². The smallest absolute Gasteiger partial charge is 0.277 e. The van der Waals surface area contributed by atoms with E-state index < -0.39 is 0 Å². The van der Waals surface area contributed by atoms with Gasteiger partial charge in [-0.05, 0) is 12.1 Å². The summed E-state index contributed by atoms with van der Waals surface area (Å²) in [5.41, 5.74) is 0.336. The molecule has 0 bridgehead atoms. The van der Waals surface area contributed by atoms with E-state index in [-0.39, 0.29) is 5.91 Å². The third kappa shape index (κ3) is 2.03. The number of aromatic nitrogens is 3. The van der Waals surface area contributed by atoms with E-state index in [1.165, 1.54) is 11.3 Å². The van der Waals surface area contributed by atoms with Crippen molar-refractivity contribution in [2.24, 2.45) is 0 Å². The van der Waals surface area contributed by atoms with Crippen LogP contribution in [0.15, 0.2) is 40.6 Å². The average molecular weight is 260 g/mol. The van der Waals surface area contributed by atoms with Crippen LogP contribution in [0.3, 0.4) is 0 Å². The number of carbonyl (C=O) groups is 1. The summed E-state index contributed by atoms with van der Waals surface area (Å²) >= 11 is 1.35. The standard InChI is InChI=1S/C11H8N4O2S/c16-9(15-11-12-3-4-13-11)7-6-18-10(14-7)8-2-1-5-17-8/h1-6H,(H2,12,13,15,16). The van der Waals surface area contributed by atoms with Gasteiger partial charge in [0.1, 0.15) is 5.69 Å². The summed E-state index contributed by atoms with van der Waals surface area (Å²) < 4.78 is 5.22. The molecule has 0 aliphatic rings. The van der Waals surface area contributed by atoms with Gasteiger partial charge in [0.05, 0.1) is 6.26 Å². The zero-order valence-electron chi connectivity index (χ0n) is 9.08. The highest BCUT2D eigenvalue weighted by Crippen LogP contribution is 2.24. The van der Waals surface area contributed by atoms with E-state index in [4.69, 9.17) is 4.42 Å². The molecular weight excluding hydrogens is 252 g/mol. The number of amides is 1. The van der Waals surface area contributed by atoms with E-state index in [0.29, 0.717) is 22.4 Å². The summed E-state index contributed by atoms with van der Waals surface area (Å²) in [4.78, 5) is 22.7. The Labute approximate surface area is 106 Å². The fourth-order valence-electron chi connectivity index (χ4n) is 1.40. The SMILES string of the molecule is O=C(Nc1ncc[nH]1)c1csc(-c2ccco2)n1. The number of hydrogen-bond acceptors (Lipinski definition) is 5. The normalized spacial score (nSPS) is 10.4. The van der Waals surface area contributed by atoms with Gasteiger partial charge < -0.3 is 9.40 Å². The first-order valence-corrected chi connectivity index (χ1v) is 6.01. The Morgan fingerprint density at radius 2 is 2.44 bits per heavy atom. The fourth-order valence-corrected chi connectivity index (χ4v) is 2.16. The molecule has 0 saturated carbocycles. The van der Waals surface area contributed by atoms with Gasteiger partial charge in [0.2, 0.25) is 5.95 Å². The molecule has 0 aliphatic heterocycles. The van der Waals surface area contributed by atoms with Gasteiger partial charge >= 0.3 is 0 Å². The molecule has 3 rings (SSSR count). The van der Waals surface area contributed by atoms with Gasteiger partial charge in [0, 0.05) is 17.8 Å². The maximum atomic E-state index is 11.8. The van der Waals surface area contributed by atoms with Gasteiger partial charge in [0.25, 0.3) is 5.91 Å². The number of furan rings is 1. The number of imidazole rings is 1. The van der Waals surface area contributed by atoms with Gasteiger partial charge in [-0.1, -0.05) is 0 Å². The highest BCUT2D eigenvalue weighted by atomic mass is 32.1. The van der Waals surface area contributed by atoms with Crippen molar-refractivity contribution in [3.63, 3.8) is 0 Å². The summed E-state index contributed by atoms with van der Waals surface area (Å²) in [7, 11) is 0. The van der Waals surface area contributed by atoms with Gasteiger partial charge in [-0.25, -0.2) is 9.97 Å². The third-order valence-electron chi connectivity index (χ3n) is 2.20. The van der Waals surface area contributed by atoms with Crippen LogP contribution in [-0.4, -0.2) is 20.9 Å². The number of nitrogens with zero attached hydrogens (tertiary/aromatic N) is 2. The third-order valence-corrected chi connectivity index (χ3v) is 3.06. The molecule has 0 saturated heterocycles. The van der Waals surface area contributed by atoms with E-state index in [1.54, 1.807) is 36.2 Å². The van der Waals surface area contributed by atoms with Crippen LogP contribution >= 0.6 is 11.3 Å². The minimum Gasteiger partial charge on any atom is -0.462 e. The number of rotatable bonds is 3. The maximum absolute atomic E-state index is 11.8. The molecule has 3 aromatic heterocycles. The van der Waals surface area contributed by atoms with Crippen molar-refractivity contribution in [2.45, 2.75) is 0 Å². The molecule has 0 radical (unpaired) electrons. The van der Waals surface area contributed by atoms with Crippen molar-refractivity contribution in [3.05, 3.63) is 41.9 Å². The molecule has 3 aromatic rings. The van der Waals surface area contributed by atoms with E-state index in [1.807, 2.05) is 0 Å². The molecule has 0 spiro atoms. The number of hydrogen-bond donors (Lipinski definition) is 2. The predicted molar refractivity (Wildman–Crippen MR) is 66.4 cm³/mol. The predicted octanol–water partition coefficient (Wildman–Crippen LogP) is 2.38. The first kappa shape index (κ1) is 10.7. The minimum absolute atomic E-state index is 0.306. The van der Waals surface area contributed by atoms with Gasteiger partial charge in [-0.15, -0.1) is 11.3 Å². The van der Waals surface area contributed by atoms with E-state index in [9.17, 15) is 4.79 Å². The molecule has 7 heteroatoms. The van der Waals surface area contributed by atoms with Crippen LogP contribution in [0.25, 0.3) is 10.8 Å². The van der Waals surface area contributed by atoms with Crippen LogP contribution < -0.4 is 5.32 Å². The highest BCUT2D eigenvalue weighted by Gasteiger charge is 2.13. The lowest BCUT2D eigenvalue weighted by Gasteiger charge is -1.97. The van der Waals surface area contributed by atoms with Gasteiger partial charge in [-0.2, -0.15) is 0 Å². The summed E-state index contributed by atoms with van der Waals surface area (Å²) in [6.45, 7) is 0. The fraction of sp³-hybridized carbons (Fsp3) is 0. The van der Waals surface area contributed by atoms with Crippen LogP contribution in [0, 0.1) is 0 Å². The molecule has 2 N–H and O–H groups in total. The van der Waals surface area contributed by atoms with E-state index in [2.05, 4.69) is 20.3 Å². The molecule has 18 heavy (non-hydrogen) atoms. The van der Waals surface area contributed by atoms with Crippen LogP contribution in [0.2, 0.25) is 0 Å². The highest BCUT2D eigenvalue weighted by molar-refractivity contribution is 7.13. The maximum Gasteiger partial charge on any atom is 0.277 e. The molecule has 0 unspecified atom stereocenters. The largest absolute Gasteiger partial charge is 0.462 e. The van der Waals surface area contributed by atoms with E-state index in [0.717, 1.165) is 0 Å². The lowest BCUT2D eigenvalue weighted by Crippen LogP contribution is -2.13. The molecule has 6 nitrogen and oxygen atoms in total. The Hall–Kier alpha value is -2.41. The summed E-state index contributed by atoms with van der Waals surface area (Å²) in [6.07, 6.45) is 4.76. The Morgan fingerprint density at radius 3 is 3.17 bits per heavy atom. The van der Waals surface area contributed by atoms with Gasteiger partial charge in [-0.3, -0.25) is 10.1 Å². The zero-order valence-corrected chi connectivity index (χ0v) is 9.90. The molecule has 0 atom stereocenters. The average Bonchev–Trinajstić information content (AvgIpc) is 3.11. The molecule has 90 valence electrons. The van der Waals surface area contributed by atoms with E-state index >= 15 is 0 Å². The van der Waals surface area contributed by atoms with Crippen molar-refractivity contribution in [1.29, 1.82) is 0 Å². The van der Waals surface area contributed by atoms with Crippen molar-refractivity contribution in [1.82, 2.24) is 15.0 Å². The molecule has 0 aromatic carbocycles. The minimum atomic E-state index is -0.306. The lowest BCUT2D eigenvalue weighted by molar-refractivity contribution is 0.102. The first-order valence-electron chi connectivity index (χ1n) is 5.13. The van der Waals surface area contributed by atoms with Crippen molar-refractivity contribution in [2.75, 3.05) is 5.32 Å². The zero-order chi connectivity index (χ0) is 12.4. The number of nitrogens with one attached hydrogen (secondary N) is 2. The summed E-state index contributed by atoms with van der Waals surface area (Å²) in [5.74, 6) is 0.739. The Kier molecular flexibility index (Phi) is 2.66. The Morgan fingerprint density at radius 1 is 1.50 bits per heavy atom. The van der Waals surface area contributed by atoms with Crippen molar-refractivity contribution < 1.29 is 9.21 Å². The van der Waals surface area contributed by atoms with Crippen molar-refractivity contribution in [3.8, 4) is 10.8 Å². The summed E-state index contributed by atoms with van der Waals surface area (Å²) in [5, 5.41) is 4.95. The topological polar surface area (TPSA) is 83.8 Å². The number of anilines is 1. The van der Waals surface area contributed by atoms with Crippen LogP contribution in [0.1, 0.15) is 10.5 Å². The molecule has 1 amide bonds. The van der Waals surface area contributed by atoms with Gasteiger partial charge in [0.15, 0.2) is 10.8 Å².